The first kappa shape index (κ1) is 9.32. The lowest BCUT2D eigenvalue weighted by Gasteiger charge is -2.27. The van der Waals surface area contributed by atoms with Crippen molar-refractivity contribution in [2.45, 2.75) is 32.4 Å². The van der Waals surface area contributed by atoms with Crippen molar-refractivity contribution >= 4 is 6.03 Å². The molecular formula is C8H17N3O. The molecule has 0 aliphatic carbocycles. The molecule has 1 aliphatic heterocycles. The van der Waals surface area contributed by atoms with Crippen molar-refractivity contribution < 1.29 is 4.79 Å². The third-order valence-corrected chi connectivity index (χ3v) is 2.47. The van der Waals surface area contributed by atoms with Crippen LogP contribution in [-0.4, -0.2) is 36.1 Å². The fourth-order valence-corrected chi connectivity index (χ4v) is 1.45. The van der Waals surface area contributed by atoms with Crippen molar-refractivity contribution in [1.29, 1.82) is 0 Å². The monoisotopic (exact) mass is 171 g/mol. The summed E-state index contributed by atoms with van der Waals surface area (Å²) in [6, 6.07) is 0.262. The minimum atomic E-state index is 0.0198. The van der Waals surface area contributed by atoms with Gasteiger partial charge in [-0.3, -0.25) is 0 Å². The minimum Gasteiger partial charge on any atom is -0.336 e. The van der Waals surface area contributed by atoms with Gasteiger partial charge >= 0.3 is 6.03 Å². The molecule has 1 heterocycles. The largest absolute Gasteiger partial charge is 0.336 e. The number of rotatable bonds is 3. The molecule has 1 aliphatic rings. The highest BCUT2D eigenvalue weighted by molar-refractivity contribution is 5.76. The molecule has 0 bridgehead atoms. The van der Waals surface area contributed by atoms with E-state index in [1.807, 2.05) is 13.8 Å². The van der Waals surface area contributed by atoms with Gasteiger partial charge in [0.1, 0.15) is 0 Å². The first-order valence-electron chi connectivity index (χ1n) is 4.47. The summed E-state index contributed by atoms with van der Waals surface area (Å²) < 4.78 is 0. The van der Waals surface area contributed by atoms with Crippen molar-refractivity contribution in [2.75, 3.05) is 13.1 Å². The van der Waals surface area contributed by atoms with Crippen LogP contribution in [0.3, 0.4) is 0 Å². The molecule has 70 valence electrons. The van der Waals surface area contributed by atoms with E-state index < -0.39 is 0 Å². The first-order chi connectivity index (χ1) is 5.66. The Kier molecular flexibility index (Phi) is 2.92. The molecule has 1 rings (SSSR count). The number of hydrogen-bond acceptors (Lipinski definition) is 2. The quantitative estimate of drug-likeness (QED) is 0.634. The van der Waals surface area contributed by atoms with Crippen LogP contribution in [0, 0.1) is 0 Å². The average Bonchev–Trinajstić information content (AvgIpc) is 2.48. The van der Waals surface area contributed by atoms with Gasteiger partial charge in [-0.2, -0.15) is 0 Å². The average molecular weight is 171 g/mol. The molecular weight excluding hydrogens is 154 g/mol. The van der Waals surface area contributed by atoms with Crippen LogP contribution in [0.2, 0.25) is 0 Å². The van der Waals surface area contributed by atoms with Gasteiger partial charge in [-0.05, 0) is 13.3 Å². The Hall–Kier alpha value is -0.770. The zero-order chi connectivity index (χ0) is 9.14. The van der Waals surface area contributed by atoms with E-state index in [1.165, 1.54) is 0 Å². The molecule has 12 heavy (non-hydrogen) atoms. The highest BCUT2D eigenvalue weighted by Gasteiger charge is 2.27. The molecule has 2 unspecified atom stereocenters. The maximum atomic E-state index is 11.2. The third-order valence-electron chi connectivity index (χ3n) is 2.47. The van der Waals surface area contributed by atoms with Crippen LogP contribution < -0.4 is 11.1 Å². The SMILES string of the molecule is CCC(N)C(C)N1CCNC1=O. The second-order valence-corrected chi connectivity index (χ2v) is 3.24. The summed E-state index contributed by atoms with van der Waals surface area (Å²) in [6.07, 6.45) is 0.908. The zero-order valence-corrected chi connectivity index (χ0v) is 7.71. The highest BCUT2D eigenvalue weighted by atomic mass is 16.2. The van der Waals surface area contributed by atoms with Crippen LogP contribution in [0.4, 0.5) is 4.79 Å². The summed E-state index contributed by atoms with van der Waals surface area (Å²) in [5.41, 5.74) is 5.84. The van der Waals surface area contributed by atoms with E-state index in [4.69, 9.17) is 5.73 Å². The molecule has 3 N–H and O–H groups in total. The molecule has 2 amide bonds. The smallest absolute Gasteiger partial charge is 0.317 e. The van der Waals surface area contributed by atoms with Crippen molar-refractivity contribution in [2.24, 2.45) is 5.73 Å². The van der Waals surface area contributed by atoms with Crippen molar-refractivity contribution in [1.82, 2.24) is 10.2 Å². The molecule has 0 aromatic heterocycles. The van der Waals surface area contributed by atoms with Crippen LogP contribution in [0.5, 0.6) is 0 Å². The molecule has 1 fully saturated rings. The molecule has 0 saturated carbocycles. The zero-order valence-electron chi connectivity index (χ0n) is 7.71. The van der Waals surface area contributed by atoms with Crippen LogP contribution >= 0.6 is 0 Å². The molecule has 2 atom stereocenters. The number of hydrogen-bond donors (Lipinski definition) is 2. The summed E-state index contributed by atoms with van der Waals surface area (Å²) >= 11 is 0. The summed E-state index contributed by atoms with van der Waals surface area (Å²) in [7, 11) is 0. The highest BCUT2D eigenvalue weighted by Crippen LogP contribution is 2.08. The van der Waals surface area contributed by atoms with Gasteiger partial charge in [0, 0.05) is 25.2 Å². The summed E-state index contributed by atoms with van der Waals surface area (Å²) in [4.78, 5) is 13.0. The Morgan fingerprint density at radius 2 is 2.42 bits per heavy atom. The Morgan fingerprint density at radius 1 is 1.75 bits per heavy atom. The lowest BCUT2D eigenvalue weighted by Crippen LogP contribution is -2.47. The predicted molar refractivity (Wildman–Crippen MR) is 47.8 cm³/mol. The number of carbonyl (C=O) groups excluding carboxylic acids is 1. The normalized spacial score (nSPS) is 22.2. The Morgan fingerprint density at radius 3 is 2.83 bits per heavy atom. The number of nitrogens with one attached hydrogen (secondary N) is 1. The summed E-state index contributed by atoms with van der Waals surface area (Å²) in [5.74, 6) is 0. The first-order valence-corrected chi connectivity index (χ1v) is 4.47. The van der Waals surface area contributed by atoms with E-state index in [1.54, 1.807) is 4.90 Å². The lowest BCUT2D eigenvalue weighted by atomic mass is 10.1. The van der Waals surface area contributed by atoms with Crippen molar-refractivity contribution in [3.05, 3.63) is 0 Å². The molecule has 0 spiro atoms. The van der Waals surface area contributed by atoms with Crippen LogP contribution in [0.1, 0.15) is 20.3 Å². The Labute approximate surface area is 73.1 Å². The van der Waals surface area contributed by atoms with E-state index in [9.17, 15) is 4.79 Å². The predicted octanol–water partition coefficient (Wildman–Crippen LogP) is 0.137. The van der Waals surface area contributed by atoms with Crippen molar-refractivity contribution in [3.8, 4) is 0 Å². The number of amides is 2. The molecule has 0 aromatic carbocycles. The van der Waals surface area contributed by atoms with Gasteiger partial charge in [-0.25, -0.2) is 4.79 Å². The van der Waals surface area contributed by atoms with Crippen molar-refractivity contribution in [3.63, 3.8) is 0 Å². The molecule has 4 heteroatoms. The van der Waals surface area contributed by atoms with E-state index in [-0.39, 0.29) is 18.1 Å². The number of nitrogens with zero attached hydrogens (tertiary/aromatic N) is 1. The van der Waals surface area contributed by atoms with Gasteiger partial charge in [0.15, 0.2) is 0 Å². The topological polar surface area (TPSA) is 58.4 Å². The number of carbonyl (C=O) groups is 1. The molecule has 1 saturated heterocycles. The van der Waals surface area contributed by atoms with Crippen LogP contribution in [0.25, 0.3) is 0 Å². The van der Waals surface area contributed by atoms with Crippen LogP contribution in [-0.2, 0) is 0 Å². The van der Waals surface area contributed by atoms with E-state index in [0.29, 0.717) is 0 Å². The van der Waals surface area contributed by atoms with E-state index in [2.05, 4.69) is 5.32 Å². The Bertz CT molecular complexity index is 172. The Balaban J connectivity index is 2.51. The summed E-state index contributed by atoms with van der Waals surface area (Å²) in [5, 5.41) is 2.76. The lowest BCUT2D eigenvalue weighted by molar-refractivity contribution is 0.192. The minimum absolute atomic E-state index is 0.0198. The van der Waals surface area contributed by atoms with Gasteiger partial charge in [0.2, 0.25) is 0 Å². The van der Waals surface area contributed by atoms with Gasteiger partial charge < -0.3 is 16.0 Å². The van der Waals surface area contributed by atoms with Gasteiger partial charge in [-0.15, -0.1) is 0 Å². The summed E-state index contributed by atoms with van der Waals surface area (Å²) in [6.45, 7) is 5.57. The number of nitrogens with two attached hydrogens (primary N) is 1. The molecule has 4 nitrogen and oxygen atoms in total. The third kappa shape index (κ3) is 1.69. The van der Waals surface area contributed by atoms with Crippen LogP contribution in [0.15, 0.2) is 0 Å². The van der Waals surface area contributed by atoms with E-state index in [0.717, 1.165) is 19.5 Å². The maximum absolute atomic E-state index is 11.2. The second kappa shape index (κ2) is 3.76. The van der Waals surface area contributed by atoms with Gasteiger partial charge in [0.05, 0.1) is 0 Å². The second-order valence-electron chi connectivity index (χ2n) is 3.24. The van der Waals surface area contributed by atoms with E-state index >= 15 is 0 Å². The molecule has 0 aromatic rings. The standard InChI is InChI=1S/C8H17N3O/c1-3-7(9)6(2)11-5-4-10-8(11)12/h6-7H,3-5,9H2,1-2H3,(H,10,12). The number of urea groups is 1. The van der Waals surface area contributed by atoms with Gasteiger partial charge in [-0.1, -0.05) is 6.92 Å². The van der Waals surface area contributed by atoms with Gasteiger partial charge in [0.25, 0.3) is 0 Å². The molecule has 0 radical (unpaired) electrons. The maximum Gasteiger partial charge on any atom is 0.317 e. The fraction of sp³-hybridized carbons (Fsp3) is 0.875. The fourth-order valence-electron chi connectivity index (χ4n) is 1.45.